The number of hydrogen-bond acceptors (Lipinski definition) is 3. The summed E-state index contributed by atoms with van der Waals surface area (Å²) in [6.45, 7) is 1.92. The maximum absolute atomic E-state index is 10.9. The van der Waals surface area contributed by atoms with E-state index in [4.69, 9.17) is 17.3 Å². The Bertz CT molecular complexity index is 303. The number of thiophene rings is 1. The van der Waals surface area contributed by atoms with Gasteiger partial charge in [0.1, 0.15) is 0 Å². The second-order valence-electron chi connectivity index (χ2n) is 2.64. The summed E-state index contributed by atoms with van der Waals surface area (Å²) in [6, 6.07) is 3.69. The Morgan fingerprint density at radius 1 is 1.71 bits per heavy atom. The molecule has 1 aromatic heterocycles. The van der Waals surface area contributed by atoms with Gasteiger partial charge in [-0.15, -0.1) is 23.7 Å². The van der Waals surface area contributed by atoms with Crippen LogP contribution in [0.25, 0.3) is 0 Å². The number of carbonyl (C=O) groups excluding carboxylic acids is 1. The molecule has 14 heavy (non-hydrogen) atoms. The van der Waals surface area contributed by atoms with Crippen molar-refractivity contribution in [2.24, 2.45) is 5.73 Å². The molecule has 0 aliphatic rings. The zero-order valence-corrected chi connectivity index (χ0v) is 10.0. The third kappa shape index (κ3) is 3.84. The van der Waals surface area contributed by atoms with E-state index >= 15 is 0 Å². The number of halogens is 2. The molecule has 0 spiro atoms. The Hall–Kier alpha value is -0.290. The van der Waals surface area contributed by atoms with Gasteiger partial charge in [0.2, 0.25) is 5.91 Å². The Balaban J connectivity index is 0.00000169. The van der Waals surface area contributed by atoms with E-state index in [1.165, 1.54) is 11.3 Å². The molecule has 1 amide bonds. The first-order valence-corrected chi connectivity index (χ1v) is 5.07. The van der Waals surface area contributed by atoms with E-state index in [0.717, 1.165) is 9.21 Å². The predicted octanol–water partition coefficient (Wildman–Crippen LogP) is 1.96. The highest BCUT2D eigenvalue weighted by Crippen LogP contribution is 2.26. The second-order valence-corrected chi connectivity index (χ2v) is 4.38. The van der Waals surface area contributed by atoms with Crippen molar-refractivity contribution in [1.29, 1.82) is 0 Å². The van der Waals surface area contributed by atoms with Crippen molar-refractivity contribution in [2.45, 2.75) is 13.0 Å². The number of amides is 1. The van der Waals surface area contributed by atoms with Gasteiger partial charge in [0.05, 0.1) is 16.9 Å². The third-order valence-electron chi connectivity index (χ3n) is 1.58. The number of carbonyl (C=O) groups is 1. The average Bonchev–Trinajstić information content (AvgIpc) is 2.51. The molecular weight excluding hydrogens is 243 g/mol. The Morgan fingerprint density at radius 2 is 2.36 bits per heavy atom. The number of hydrogen-bond donors (Lipinski definition) is 2. The van der Waals surface area contributed by atoms with Crippen LogP contribution in [0.4, 0.5) is 0 Å². The molecule has 0 fully saturated rings. The highest BCUT2D eigenvalue weighted by molar-refractivity contribution is 7.16. The molecule has 1 unspecified atom stereocenters. The van der Waals surface area contributed by atoms with Crippen molar-refractivity contribution < 1.29 is 4.79 Å². The van der Waals surface area contributed by atoms with E-state index in [0.29, 0.717) is 0 Å². The van der Waals surface area contributed by atoms with Gasteiger partial charge in [0.15, 0.2) is 0 Å². The maximum Gasteiger partial charge on any atom is 0.234 e. The molecule has 0 aliphatic carbocycles. The quantitative estimate of drug-likeness (QED) is 0.867. The van der Waals surface area contributed by atoms with Gasteiger partial charge in [0, 0.05) is 4.88 Å². The summed E-state index contributed by atoms with van der Waals surface area (Å²) in [7, 11) is 0. The van der Waals surface area contributed by atoms with Gasteiger partial charge in [0.25, 0.3) is 0 Å². The summed E-state index contributed by atoms with van der Waals surface area (Å²) in [6.07, 6.45) is 0. The molecule has 1 rings (SSSR count). The third-order valence-corrected chi connectivity index (χ3v) is 3.00. The fourth-order valence-electron chi connectivity index (χ4n) is 0.933. The van der Waals surface area contributed by atoms with E-state index in [-0.39, 0.29) is 30.9 Å². The van der Waals surface area contributed by atoms with Crippen LogP contribution in [-0.2, 0) is 4.79 Å². The molecule has 1 heterocycles. The van der Waals surface area contributed by atoms with Crippen LogP contribution in [0, 0.1) is 0 Å². The van der Waals surface area contributed by atoms with E-state index in [9.17, 15) is 4.79 Å². The fraction of sp³-hybridized carbons (Fsp3) is 0.375. The highest BCUT2D eigenvalue weighted by Gasteiger charge is 2.09. The molecule has 0 radical (unpaired) electrons. The van der Waals surface area contributed by atoms with Crippen LogP contribution in [0.1, 0.15) is 17.8 Å². The van der Waals surface area contributed by atoms with Crippen molar-refractivity contribution >= 4 is 41.3 Å². The van der Waals surface area contributed by atoms with Crippen LogP contribution >= 0.6 is 35.3 Å². The Kier molecular flexibility index (Phi) is 6.11. The van der Waals surface area contributed by atoms with Crippen LogP contribution in [0.15, 0.2) is 12.1 Å². The van der Waals surface area contributed by atoms with Crippen molar-refractivity contribution in [1.82, 2.24) is 5.32 Å². The first-order chi connectivity index (χ1) is 6.13. The molecule has 1 atom stereocenters. The molecule has 6 heteroatoms. The summed E-state index contributed by atoms with van der Waals surface area (Å²) in [5.74, 6) is -0.156. The standard InChI is InChI=1S/C8H11ClN2OS.ClH/c1-5(11-8(12)4-10)6-2-3-7(9)13-6;/h2-3,5H,4,10H2,1H3,(H,11,12);1H. The SMILES string of the molecule is CC(NC(=O)CN)c1ccc(Cl)s1.Cl. The van der Waals surface area contributed by atoms with Crippen molar-refractivity contribution in [3.8, 4) is 0 Å². The van der Waals surface area contributed by atoms with E-state index in [1.807, 2.05) is 19.1 Å². The second kappa shape index (κ2) is 6.24. The van der Waals surface area contributed by atoms with Gasteiger partial charge in [-0.3, -0.25) is 4.79 Å². The predicted molar refractivity (Wildman–Crippen MR) is 62.2 cm³/mol. The number of rotatable bonds is 3. The summed E-state index contributed by atoms with van der Waals surface area (Å²) in [5, 5.41) is 2.75. The molecule has 80 valence electrons. The van der Waals surface area contributed by atoms with Crippen LogP contribution in [0.2, 0.25) is 4.34 Å². The highest BCUT2D eigenvalue weighted by atomic mass is 35.5. The average molecular weight is 255 g/mol. The first-order valence-electron chi connectivity index (χ1n) is 3.88. The zero-order valence-electron chi connectivity index (χ0n) is 7.62. The van der Waals surface area contributed by atoms with Gasteiger partial charge in [-0.05, 0) is 19.1 Å². The minimum atomic E-state index is -0.156. The van der Waals surface area contributed by atoms with Crippen molar-refractivity contribution in [3.05, 3.63) is 21.3 Å². The summed E-state index contributed by atoms with van der Waals surface area (Å²) in [5.41, 5.74) is 5.17. The molecule has 1 aromatic rings. The topological polar surface area (TPSA) is 55.1 Å². The van der Waals surface area contributed by atoms with Crippen LogP contribution in [-0.4, -0.2) is 12.5 Å². The van der Waals surface area contributed by atoms with Gasteiger partial charge in [-0.25, -0.2) is 0 Å². The molecule has 0 aromatic carbocycles. The van der Waals surface area contributed by atoms with Crippen LogP contribution < -0.4 is 11.1 Å². The summed E-state index contributed by atoms with van der Waals surface area (Å²) >= 11 is 7.21. The summed E-state index contributed by atoms with van der Waals surface area (Å²) < 4.78 is 0.726. The molecule has 0 aliphatic heterocycles. The zero-order chi connectivity index (χ0) is 9.84. The lowest BCUT2D eigenvalue weighted by Crippen LogP contribution is -2.31. The minimum absolute atomic E-state index is 0. The lowest BCUT2D eigenvalue weighted by atomic mass is 10.3. The van der Waals surface area contributed by atoms with Gasteiger partial charge >= 0.3 is 0 Å². The number of nitrogens with one attached hydrogen (secondary N) is 1. The van der Waals surface area contributed by atoms with Gasteiger partial charge in [-0.1, -0.05) is 11.6 Å². The normalized spacial score (nSPS) is 11.6. The molecule has 0 bridgehead atoms. The largest absolute Gasteiger partial charge is 0.348 e. The Labute approximate surface area is 98.0 Å². The summed E-state index contributed by atoms with van der Waals surface area (Å²) in [4.78, 5) is 12.0. The molecule has 0 saturated carbocycles. The smallest absolute Gasteiger partial charge is 0.234 e. The monoisotopic (exact) mass is 254 g/mol. The van der Waals surface area contributed by atoms with E-state index < -0.39 is 0 Å². The van der Waals surface area contributed by atoms with E-state index in [1.54, 1.807) is 0 Å². The van der Waals surface area contributed by atoms with Gasteiger partial charge < -0.3 is 11.1 Å². The fourth-order valence-corrected chi connectivity index (χ4v) is 2.00. The minimum Gasteiger partial charge on any atom is -0.348 e. The van der Waals surface area contributed by atoms with Crippen LogP contribution in [0.3, 0.4) is 0 Å². The molecular formula is C8H12Cl2N2OS. The van der Waals surface area contributed by atoms with Gasteiger partial charge in [-0.2, -0.15) is 0 Å². The lowest BCUT2D eigenvalue weighted by Gasteiger charge is -2.10. The molecule has 3 nitrogen and oxygen atoms in total. The molecule has 0 saturated heterocycles. The first kappa shape index (κ1) is 13.7. The Morgan fingerprint density at radius 3 is 2.79 bits per heavy atom. The van der Waals surface area contributed by atoms with Crippen LogP contribution in [0.5, 0.6) is 0 Å². The maximum atomic E-state index is 10.9. The van der Waals surface area contributed by atoms with E-state index in [2.05, 4.69) is 5.32 Å². The number of nitrogens with two attached hydrogens (primary N) is 1. The van der Waals surface area contributed by atoms with Crippen molar-refractivity contribution in [2.75, 3.05) is 6.54 Å². The molecule has 3 N–H and O–H groups in total. The van der Waals surface area contributed by atoms with Crippen molar-refractivity contribution in [3.63, 3.8) is 0 Å². The lowest BCUT2D eigenvalue weighted by molar-refractivity contribution is -0.120.